The zero-order valence-corrected chi connectivity index (χ0v) is 23.0. The highest BCUT2D eigenvalue weighted by Crippen LogP contribution is 2.40. The van der Waals surface area contributed by atoms with Gasteiger partial charge in [-0.15, -0.1) is 11.3 Å². The summed E-state index contributed by atoms with van der Waals surface area (Å²) in [6, 6.07) is 1.44. The number of pyridine rings is 1. The van der Waals surface area contributed by atoms with Crippen LogP contribution in [0.25, 0.3) is 20.8 Å². The third kappa shape index (κ3) is 6.18. The first-order chi connectivity index (χ1) is 17.6. The van der Waals surface area contributed by atoms with Crippen LogP contribution in [0.2, 0.25) is 0 Å². The van der Waals surface area contributed by atoms with Crippen LogP contribution >= 0.6 is 11.3 Å². The zero-order valence-electron chi connectivity index (χ0n) is 22.2. The highest BCUT2D eigenvalue weighted by molar-refractivity contribution is 7.21. The van der Waals surface area contributed by atoms with Crippen molar-refractivity contribution in [3.63, 3.8) is 0 Å². The van der Waals surface area contributed by atoms with Crippen LogP contribution in [0.5, 0.6) is 0 Å². The molecular weight excluding hydrogens is 492 g/mol. The molecule has 0 saturated heterocycles. The molecule has 1 fully saturated rings. The molecule has 4 unspecified atom stereocenters. The highest BCUT2D eigenvalue weighted by atomic mass is 32.1. The second-order valence-electron chi connectivity index (χ2n) is 10.2. The Morgan fingerprint density at radius 2 is 1.89 bits per heavy atom. The van der Waals surface area contributed by atoms with E-state index in [0.29, 0.717) is 31.3 Å². The van der Waals surface area contributed by atoms with Crippen molar-refractivity contribution in [1.29, 1.82) is 0 Å². The minimum absolute atomic E-state index is 0.386. The maximum absolute atomic E-state index is 10.8. The van der Waals surface area contributed by atoms with Gasteiger partial charge in [0.1, 0.15) is 22.4 Å². The average Bonchev–Trinajstić information content (AvgIpc) is 3.38. The average molecular weight is 531 g/mol. The van der Waals surface area contributed by atoms with E-state index in [4.69, 9.17) is 19.7 Å². The fourth-order valence-electron chi connectivity index (χ4n) is 4.83. The van der Waals surface area contributed by atoms with Crippen molar-refractivity contribution in [2.24, 2.45) is 5.92 Å². The van der Waals surface area contributed by atoms with Crippen molar-refractivity contribution < 1.29 is 20.1 Å². The van der Waals surface area contributed by atoms with E-state index in [1.807, 2.05) is 26.8 Å². The lowest BCUT2D eigenvalue weighted by Crippen LogP contribution is -2.40. The number of aryl methyl sites for hydroxylation is 2. The van der Waals surface area contributed by atoms with Gasteiger partial charge in [0, 0.05) is 31.9 Å². The summed E-state index contributed by atoms with van der Waals surface area (Å²) in [7, 11) is 0. The predicted molar refractivity (Wildman–Crippen MR) is 146 cm³/mol. The maximum atomic E-state index is 10.8. The van der Waals surface area contributed by atoms with Gasteiger partial charge in [-0.05, 0) is 59.9 Å². The molecule has 37 heavy (non-hydrogen) atoms. The maximum Gasteiger partial charge on any atom is 0.224 e. The Hall–Kier alpha value is -2.44. The number of unbranched alkanes of at least 4 members (excludes halogenated alkanes) is 1. The van der Waals surface area contributed by atoms with E-state index in [2.05, 4.69) is 15.6 Å². The lowest BCUT2D eigenvalue weighted by molar-refractivity contribution is -0.0601. The van der Waals surface area contributed by atoms with Crippen LogP contribution in [0.4, 0.5) is 11.8 Å². The number of rotatable bonds is 11. The molecule has 10 nitrogen and oxygen atoms in total. The third-order valence-corrected chi connectivity index (χ3v) is 7.95. The number of aromatic nitrogens is 4. The molecule has 1 aliphatic carbocycles. The molecule has 0 bridgehead atoms. The van der Waals surface area contributed by atoms with Crippen molar-refractivity contribution in [2.75, 3.05) is 30.4 Å². The van der Waals surface area contributed by atoms with Gasteiger partial charge < -0.3 is 30.7 Å². The first-order valence-corrected chi connectivity index (χ1v) is 13.7. The normalized spacial score (nSPS) is 22.1. The standard InChI is InChI=1S/C26H38N6O4S/c1-6-36-12-8-7-10-28-25-29-14(2)19(24-31-20-15(3)27-11-9-18(20)37-24)23(32-25)30-17-13-16(26(4,5)35)21(33)22(17)34/h9,11,16-17,21-22,33-35H,6-8,10,12-13H2,1-5H3,(H2,28,29,30,32). The number of anilines is 2. The van der Waals surface area contributed by atoms with Crippen LogP contribution in [-0.4, -0.2) is 78.9 Å². The molecule has 0 radical (unpaired) electrons. The first kappa shape index (κ1) is 27.6. The van der Waals surface area contributed by atoms with Crippen molar-refractivity contribution >= 4 is 33.3 Å². The largest absolute Gasteiger partial charge is 0.390 e. The summed E-state index contributed by atoms with van der Waals surface area (Å²) >= 11 is 1.53. The molecule has 0 spiro atoms. The van der Waals surface area contributed by atoms with E-state index < -0.39 is 29.8 Å². The molecule has 5 N–H and O–H groups in total. The Morgan fingerprint density at radius 3 is 2.57 bits per heavy atom. The smallest absolute Gasteiger partial charge is 0.224 e. The molecule has 3 heterocycles. The quantitative estimate of drug-likeness (QED) is 0.234. The lowest BCUT2D eigenvalue weighted by atomic mass is 9.88. The monoisotopic (exact) mass is 530 g/mol. The molecule has 1 aliphatic rings. The first-order valence-electron chi connectivity index (χ1n) is 12.9. The van der Waals surface area contributed by atoms with Crippen LogP contribution in [0.3, 0.4) is 0 Å². The van der Waals surface area contributed by atoms with Crippen LogP contribution in [0.1, 0.15) is 51.4 Å². The number of hydrogen-bond acceptors (Lipinski definition) is 11. The molecule has 1 saturated carbocycles. The number of thiazole rings is 1. The van der Waals surface area contributed by atoms with E-state index in [-0.39, 0.29) is 0 Å². The molecule has 202 valence electrons. The van der Waals surface area contributed by atoms with Gasteiger partial charge in [0.2, 0.25) is 5.95 Å². The highest BCUT2D eigenvalue weighted by Gasteiger charge is 2.48. The van der Waals surface area contributed by atoms with Gasteiger partial charge in [-0.1, -0.05) is 0 Å². The Kier molecular flexibility index (Phi) is 8.59. The lowest BCUT2D eigenvalue weighted by Gasteiger charge is -2.28. The van der Waals surface area contributed by atoms with E-state index in [0.717, 1.165) is 51.6 Å². The second kappa shape index (κ2) is 11.5. The van der Waals surface area contributed by atoms with E-state index in [1.54, 1.807) is 20.0 Å². The molecule has 4 rings (SSSR count). The van der Waals surface area contributed by atoms with Gasteiger partial charge in [-0.3, -0.25) is 4.98 Å². The van der Waals surface area contributed by atoms with Crippen molar-refractivity contribution in [2.45, 2.75) is 77.7 Å². The summed E-state index contributed by atoms with van der Waals surface area (Å²) in [5.74, 6) is 0.526. The molecule has 3 aromatic heterocycles. The number of nitrogens with one attached hydrogen (secondary N) is 2. The van der Waals surface area contributed by atoms with Crippen LogP contribution in [0, 0.1) is 19.8 Å². The van der Waals surface area contributed by atoms with E-state index in [9.17, 15) is 15.3 Å². The summed E-state index contributed by atoms with van der Waals surface area (Å²) in [5, 5.41) is 39.4. The molecule has 0 aliphatic heterocycles. The minimum Gasteiger partial charge on any atom is -0.390 e. The zero-order chi connectivity index (χ0) is 26.7. The third-order valence-electron chi connectivity index (χ3n) is 6.91. The Balaban J connectivity index is 1.65. The molecule has 4 atom stereocenters. The minimum atomic E-state index is -1.13. The SMILES string of the molecule is CCOCCCCNc1nc(C)c(-c2nc3c(C)nccc3s2)c(NC2CC(C(C)(C)O)C(O)C2O)n1. The van der Waals surface area contributed by atoms with Gasteiger partial charge in [0.15, 0.2) is 0 Å². The Morgan fingerprint density at radius 1 is 1.11 bits per heavy atom. The number of fused-ring (bicyclic) bond motifs is 1. The van der Waals surface area contributed by atoms with Gasteiger partial charge in [-0.25, -0.2) is 9.97 Å². The fraction of sp³-hybridized carbons (Fsp3) is 0.615. The molecule has 0 amide bonds. The van der Waals surface area contributed by atoms with Crippen LogP contribution in [0.15, 0.2) is 12.3 Å². The summed E-state index contributed by atoms with van der Waals surface area (Å²) in [5.41, 5.74) is 2.04. The number of aliphatic hydroxyl groups excluding tert-OH is 2. The number of hydrogen-bond donors (Lipinski definition) is 5. The summed E-state index contributed by atoms with van der Waals surface area (Å²) < 4.78 is 6.42. The van der Waals surface area contributed by atoms with Crippen LogP contribution in [-0.2, 0) is 4.74 Å². The van der Waals surface area contributed by atoms with E-state index in [1.165, 1.54) is 11.3 Å². The second-order valence-corrected chi connectivity index (χ2v) is 11.2. The molecule has 3 aromatic rings. The summed E-state index contributed by atoms with van der Waals surface area (Å²) in [6.07, 6.45) is 1.90. The van der Waals surface area contributed by atoms with Crippen molar-refractivity contribution in [3.8, 4) is 10.6 Å². The molecule has 11 heteroatoms. The van der Waals surface area contributed by atoms with Crippen LogP contribution < -0.4 is 10.6 Å². The fourth-order valence-corrected chi connectivity index (χ4v) is 5.94. The Bertz CT molecular complexity index is 1210. The van der Waals surface area contributed by atoms with Crippen molar-refractivity contribution in [1.82, 2.24) is 19.9 Å². The number of nitrogens with zero attached hydrogens (tertiary/aromatic N) is 4. The number of ether oxygens (including phenoxy) is 1. The molecular formula is C26H38N6O4S. The molecule has 0 aromatic carbocycles. The number of aliphatic hydroxyl groups is 3. The van der Waals surface area contributed by atoms with Crippen molar-refractivity contribution in [3.05, 3.63) is 23.7 Å². The topological polar surface area (TPSA) is 146 Å². The van der Waals surface area contributed by atoms with Gasteiger partial charge >= 0.3 is 0 Å². The van der Waals surface area contributed by atoms with Gasteiger partial charge in [-0.2, -0.15) is 4.98 Å². The van der Waals surface area contributed by atoms with Gasteiger partial charge in [0.05, 0.1) is 39.4 Å². The predicted octanol–water partition coefficient (Wildman–Crippen LogP) is 3.29. The summed E-state index contributed by atoms with van der Waals surface area (Å²) in [6.45, 7) is 11.3. The van der Waals surface area contributed by atoms with E-state index >= 15 is 0 Å². The summed E-state index contributed by atoms with van der Waals surface area (Å²) in [4.78, 5) is 18.7. The van der Waals surface area contributed by atoms with Gasteiger partial charge in [0.25, 0.3) is 0 Å². The Labute approximate surface area is 221 Å².